The number of nitrogens with one attached hydrogen (secondary N) is 1. The topological polar surface area (TPSA) is 46.2 Å². The van der Waals surface area contributed by atoms with E-state index in [1.807, 2.05) is 0 Å². The number of hydrogen-bond acceptors (Lipinski definition) is 2. The van der Waals surface area contributed by atoms with Gasteiger partial charge in [0.15, 0.2) is 0 Å². The van der Waals surface area contributed by atoms with Gasteiger partial charge in [-0.25, -0.2) is 13.1 Å². The zero-order valence-electron chi connectivity index (χ0n) is 10.5. The van der Waals surface area contributed by atoms with Crippen LogP contribution in [0.5, 0.6) is 0 Å². The highest BCUT2D eigenvalue weighted by atomic mass is 35.5. The van der Waals surface area contributed by atoms with Crippen molar-refractivity contribution in [3.63, 3.8) is 0 Å². The van der Waals surface area contributed by atoms with Gasteiger partial charge in [-0.05, 0) is 29.8 Å². The maximum absolute atomic E-state index is 12.2. The van der Waals surface area contributed by atoms with E-state index in [0.29, 0.717) is 5.02 Å². The molecule has 0 fully saturated rings. The number of rotatable bonds is 5. The standard InChI is InChI=1S/C14H13Cl2NO2S/c15-10-14(11-6-8-12(16)9-7-11)17-20(18,19)13-4-2-1-3-5-13/h1-9,14,17H,10H2. The molecule has 0 saturated heterocycles. The third kappa shape index (κ3) is 3.73. The lowest BCUT2D eigenvalue weighted by atomic mass is 10.1. The Labute approximate surface area is 128 Å². The molecule has 0 bridgehead atoms. The number of hydrogen-bond donors (Lipinski definition) is 1. The summed E-state index contributed by atoms with van der Waals surface area (Å²) in [5, 5.41) is 0.591. The minimum Gasteiger partial charge on any atom is -0.207 e. The molecule has 1 unspecified atom stereocenters. The molecule has 20 heavy (non-hydrogen) atoms. The van der Waals surface area contributed by atoms with Gasteiger partial charge in [-0.1, -0.05) is 41.9 Å². The minimum atomic E-state index is -3.60. The Morgan fingerprint density at radius 2 is 1.60 bits per heavy atom. The van der Waals surface area contributed by atoms with Crippen molar-refractivity contribution in [1.82, 2.24) is 4.72 Å². The normalized spacial score (nSPS) is 13.1. The molecule has 6 heteroatoms. The Balaban J connectivity index is 2.24. The summed E-state index contributed by atoms with van der Waals surface area (Å²) in [5.74, 6) is 0.133. The summed E-state index contributed by atoms with van der Waals surface area (Å²) < 4.78 is 27.1. The molecule has 2 aromatic carbocycles. The van der Waals surface area contributed by atoms with Crippen molar-refractivity contribution in [2.75, 3.05) is 5.88 Å². The first-order valence-electron chi connectivity index (χ1n) is 5.92. The van der Waals surface area contributed by atoms with Crippen LogP contribution in [0.25, 0.3) is 0 Å². The highest BCUT2D eigenvalue weighted by Crippen LogP contribution is 2.20. The predicted octanol–water partition coefficient (Wildman–Crippen LogP) is 3.60. The number of benzene rings is 2. The fourth-order valence-electron chi connectivity index (χ4n) is 1.74. The van der Waals surface area contributed by atoms with E-state index in [2.05, 4.69) is 4.72 Å². The van der Waals surface area contributed by atoms with E-state index in [0.717, 1.165) is 5.56 Å². The Bertz CT molecular complexity index is 657. The van der Waals surface area contributed by atoms with Gasteiger partial charge in [0.25, 0.3) is 0 Å². The van der Waals surface area contributed by atoms with Gasteiger partial charge in [0, 0.05) is 10.9 Å². The van der Waals surface area contributed by atoms with Gasteiger partial charge >= 0.3 is 0 Å². The van der Waals surface area contributed by atoms with Crippen molar-refractivity contribution in [2.45, 2.75) is 10.9 Å². The van der Waals surface area contributed by atoms with Crippen molar-refractivity contribution in [3.05, 3.63) is 65.2 Å². The van der Waals surface area contributed by atoms with Crippen LogP contribution < -0.4 is 4.72 Å². The summed E-state index contributed by atoms with van der Waals surface area (Å²) in [6, 6.07) is 14.6. The molecule has 3 nitrogen and oxygen atoms in total. The average Bonchev–Trinajstić information content (AvgIpc) is 2.47. The molecule has 0 aliphatic rings. The zero-order valence-corrected chi connectivity index (χ0v) is 12.8. The summed E-state index contributed by atoms with van der Waals surface area (Å²) in [6.07, 6.45) is 0. The largest absolute Gasteiger partial charge is 0.241 e. The monoisotopic (exact) mass is 329 g/mol. The van der Waals surface area contributed by atoms with Crippen LogP contribution in [0.4, 0.5) is 0 Å². The molecule has 0 amide bonds. The smallest absolute Gasteiger partial charge is 0.207 e. The van der Waals surface area contributed by atoms with E-state index in [9.17, 15) is 8.42 Å². The first-order chi connectivity index (χ1) is 9.53. The minimum absolute atomic E-state index is 0.133. The van der Waals surface area contributed by atoms with Gasteiger partial charge in [0.05, 0.1) is 10.9 Å². The molecule has 0 radical (unpaired) electrons. The maximum Gasteiger partial charge on any atom is 0.241 e. The van der Waals surface area contributed by atoms with Crippen LogP contribution in [-0.4, -0.2) is 14.3 Å². The van der Waals surface area contributed by atoms with Crippen molar-refractivity contribution >= 4 is 33.2 Å². The van der Waals surface area contributed by atoms with Crippen molar-refractivity contribution in [2.24, 2.45) is 0 Å². The molecular formula is C14H13Cl2NO2S. The first kappa shape index (κ1) is 15.3. The summed E-state index contributed by atoms with van der Waals surface area (Å²) in [4.78, 5) is 0.212. The lowest BCUT2D eigenvalue weighted by molar-refractivity contribution is 0.568. The van der Waals surface area contributed by atoms with E-state index in [1.165, 1.54) is 12.1 Å². The second-order valence-corrected chi connectivity index (χ2v) is 6.65. The van der Waals surface area contributed by atoms with Crippen molar-refractivity contribution in [3.8, 4) is 0 Å². The van der Waals surface area contributed by atoms with Gasteiger partial charge < -0.3 is 0 Å². The molecule has 0 aliphatic heterocycles. The SMILES string of the molecule is O=S(=O)(NC(CCl)c1ccc(Cl)cc1)c1ccccc1. The summed E-state index contributed by atoms with van der Waals surface area (Å²) >= 11 is 11.7. The van der Waals surface area contributed by atoms with Crippen molar-refractivity contribution in [1.29, 1.82) is 0 Å². The molecule has 1 N–H and O–H groups in total. The van der Waals surface area contributed by atoms with E-state index < -0.39 is 16.1 Å². The van der Waals surface area contributed by atoms with Gasteiger partial charge in [-0.3, -0.25) is 0 Å². The number of halogens is 2. The Hall–Kier alpha value is -1.07. The van der Waals surface area contributed by atoms with Crippen LogP contribution in [-0.2, 0) is 10.0 Å². The third-order valence-electron chi connectivity index (χ3n) is 2.78. The Morgan fingerprint density at radius 1 is 1.00 bits per heavy atom. The molecule has 0 saturated carbocycles. The highest BCUT2D eigenvalue weighted by molar-refractivity contribution is 7.89. The molecular weight excluding hydrogens is 317 g/mol. The second-order valence-electron chi connectivity index (χ2n) is 4.19. The molecule has 0 aliphatic carbocycles. The first-order valence-corrected chi connectivity index (χ1v) is 8.31. The van der Waals surface area contributed by atoms with Crippen LogP contribution in [0.15, 0.2) is 59.5 Å². The number of sulfonamides is 1. The quantitative estimate of drug-likeness (QED) is 0.852. The fraction of sp³-hybridized carbons (Fsp3) is 0.143. The molecule has 0 spiro atoms. The van der Waals surface area contributed by atoms with Gasteiger partial charge in [-0.2, -0.15) is 0 Å². The lowest BCUT2D eigenvalue weighted by Crippen LogP contribution is -2.29. The zero-order chi connectivity index (χ0) is 14.6. The van der Waals surface area contributed by atoms with Crippen LogP contribution in [0.3, 0.4) is 0 Å². The molecule has 0 heterocycles. The molecule has 2 aromatic rings. The van der Waals surface area contributed by atoms with Crippen LogP contribution in [0.1, 0.15) is 11.6 Å². The number of alkyl halides is 1. The fourth-order valence-corrected chi connectivity index (χ4v) is 3.46. The van der Waals surface area contributed by atoms with Gasteiger partial charge in [-0.15, -0.1) is 11.6 Å². The second kappa shape index (κ2) is 6.59. The lowest BCUT2D eigenvalue weighted by Gasteiger charge is -2.16. The van der Waals surface area contributed by atoms with E-state index in [1.54, 1.807) is 42.5 Å². The summed E-state index contributed by atoms with van der Waals surface area (Å²) in [6.45, 7) is 0. The predicted molar refractivity (Wildman–Crippen MR) is 81.7 cm³/mol. The highest BCUT2D eigenvalue weighted by Gasteiger charge is 2.20. The molecule has 0 aromatic heterocycles. The summed E-state index contributed by atoms with van der Waals surface area (Å²) in [7, 11) is -3.60. The van der Waals surface area contributed by atoms with Crippen LogP contribution >= 0.6 is 23.2 Å². The van der Waals surface area contributed by atoms with Crippen LogP contribution in [0.2, 0.25) is 5.02 Å². The summed E-state index contributed by atoms with van der Waals surface area (Å²) in [5.41, 5.74) is 0.768. The average molecular weight is 330 g/mol. The van der Waals surface area contributed by atoms with Crippen LogP contribution in [0, 0.1) is 0 Å². The van der Waals surface area contributed by atoms with E-state index >= 15 is 0 Å². The van der Waals surface area contributed by atoms with Crippen molar-refractivity contribution < 1.29 is 8.42 Å². The third-order valence-corrected chi connectivity index (χ3v) is 4.83. The van der Waals surface area contributed by atoms with Gasteiger partial charge in [0.2, 0.25) is 10.0 Å². The molecule has 2 rings (SSSR count). The van der Waals surface area contributed by atoms with E-state index in [4.69, 9.17) is 23.2 Å². The molecule has 1 atom stereocenters. The van der Waals surface area contributed by atoms with E-state index in [-0.39, 0.29) is 10.8 Å². The van der Waals surface area contributed by atoms with Gasteiger partial charge in [0.1, 0.15) is 0 Å². The Morgan fingerprint density at radius 3 is 2.15 bits per heavy atom. The Kier molecular flexibility index (Phi) is 5.05. The molecule has 106 valence electrons. The maximum atomic E-state index is 12.2.